The van der Waals surface area contributed by atoms with Gasteiger partial charge >= 0.3 is 6.09 Å². The van der Waals surface area contributed by atoms with E-state index in [9.17, 15) is 18.5 Å². The minimum Gasteiger partial charge on any atom is -0.444 e. The summed E-state index contributed by atoms with van der Waals surface area (Å²) < 4.78 is 32.2. The van der Waals surface area contributed by atoms with Crippen LogP contribution in [0.5, 0.6) is 0 Å². The van der Waals surface area contributed by atoms with Crippen LogP contribution in [0.4, 0.5) is 22.0 Å². The number of rotatable bonds is 7. The highest BCUT2D eigenvalue weighted by atomic mass is 32.2. The van der Waals surface area contributed by atoms with Crippen molar-refractivity contribution < 1.29 is 17.9 Å². The molecule has 0 unspecified atom stereocenters. The molecule has 3 N–H and O–H groups in total. The number of hydrogen-bond acceptors (Lipinski definition) is 8. The fourth-order valence-electron chi connectivity index (χ4n) is 2.58. The number of nitriles is 1. The number of hydrogen-bond donors (Lipinski definition) is 3. The monoisotopic (exact) mass is 446 g/mol. The van der Waals surface area contributed by atoms with Crippen LogP contribution < -0.4 is 15.4 Å². The number of amides is 1. The van der Waals surface area contributed by atoms with Crippen molar-refractivity contribution in [2.75, 3.05) is 22.3 Å². The molecule has 2 rings (SSSR count). The summed E-state index contributed by atoms with van der Waals surface area (Å²) in [5.41, 5.74) is 1.67. The smallest absolute Gasteiger partial charge is 0.407 e. The first-order valence-corrected chi connectivity index (χ1v) is 11.1. The Morgan fingerprint density at radius 1 is 1.23 bits per heavy atom. The third-order valence-electron chi connectivity index (χ3n) is 3.67. The lowest BCUT2D eigenvalue weighted by molar-refractivity contribution is 0.0531. The molecular weight excluding hydrogens is 420 g/mol. The van der Waals surface area contributed by atoms with Crippen molar-refractivity contribution in [1.29, 1.82) is 5.26 Å². The van der Waals surface area contributed by atoms with Gasteiger partial charge in [-0.2, -0.15) is 5.26 Å². The lowest BCUT2D eigenvalue weighted by Crippen LogP contribution is -2.35. The van der Waals surface area contributed by atoms with Crippen molar-refractivity contribution in [2.45, 2.75) is 40.2 Å². The number of pyridine rings is 2. The maximum atomic E-state index is 12.4. The number of anilines is 3. The Kier molecular flexibility index (Phi) is 7.41. The zero-order valence-corrected chi connectivity index (χ0v) is 18.9. The molecule has 166 valence electrons. The fourth-order valence-corrected chi connectivity index (χ4v) is 3.52. The van der Waals surface area contributed by atoms with Gasteiger partial charge in [0, 0.05) is 12.2 Å². The Balaban J connectivity index is 2.08. The highest BCUT2D eigenvalue weighted by Gasteiger charge is 2.18. The summed E-state index contributed by atoms with van der Waals surface area (Å²) in [4.78, 5) is 20.0. The Hall–Kier alpha value is -3.39. The number of aromatic nitrogens is 2. The first-order valence-electron chi connectivity index (χ1n) is 9.47. The van der Waals surface area contributed by atoms with Gasteiger partial charge in [0.05, 0.1) is 23.3 Å². The topological polar surface area (TPSA) is 146 Å². The number of nitrogens with one attached hydrogen (secondary N) is 3. The van der Waals surface area contributed by atoms with E-state index >= 15 is 0 Å². The highest BCUT2D eigenvalue weighted by molar-refractivity contribution is 7.92. The zero-order valence-electron chi connectivity index (χ0n) is 18.1. The maximum Gasteiger partial charge on any atom is 0.407 e. The standard InChI is InChI=1S/C20H26N6O4S/c1-13-8-14(2)24-18(9-13)25-16-10-15(12-23-17(16)11-21)26-31(28,29)7-6-22-19(27)30-20(3,4)5/h8-10,12,26H,6-7H2,1-5H3,(H,22,27)(H,24,25). The van der Waals surface area contributed by atoms with Crippen LogP contribution >= 0.6 is 0 Å². The van der Waals surface area contributed by atoms with E-state index in [2.05, 4.69) is 25.3 Å². The van der Waals surface area contributed by atoms with Gasteiger partial charge in [-0.1, -0.05) is 0 Å². The lowest BCUT2D eigenvalue weighted by Gasteiger charge is -2.19. The van der Waals surface area contributed by atoms with E-state index in [1.54, 1.807) is 26.8 Å². The molecule has 0 bridgehead atoms. The van der Waals surface area contributed by atoms with Gasteiger partial charge in [-0.05, 0) is 58.4 Å². The Morgan fingerprint density at radius 3 is 2.55 bits per heavy atom. The van der Waals surface area contributed by atoms with Crippen molar-refractivity contribution in [3.05, 3.63) is 41.3 Å². The summed E-state index contributed by atoms with van der Waals surface area (Å²) in [5.74, 6) is 0.144. The molecule has 0 aliphatic carbocycles. The summed E-state index contributed by atoms with van der Waals surface area (Å²) in [5, 5.41) is 14.7. The van der Waals surface area contributed by atoms with Crippen LogP contribution in [0, 0.1) is 25.2 Å². The largest absolute Gasteiger partial charge is 0.444 e. The second kappa shape index (κ2) is 9.61. The molecule has 11 heteroatoms. The molecule has 1 amide bonds. The number of carbonyl (C=O) groups excluding carboxylic acids is 1. The van der Waals surface area contributed by atoms with Crippen LogP contribution in [0.25, 0.3) is 0 Å². The quantitative estimate of drug-likeness (QED) is 0.588. The molecule has 0 aromatic carbocycles. The van der Waals surface area contributed by atoms with Gasteiger partial charge in [0.15, 0.2) is 5.69 Å². The predicted octanol–water partition coefficient (Wildman–Crippen LogP) is 2.98. The second-order valence-corrected chi connectivity index (χ2v) is 9.72. The molecule has 31 heavy (non-hydrogen) atoms. The van der Waals surface area contributed by atoms with Crippen LogP contribution in [0.1, 0.15) is 37.7 Å². The lowest BCUT2D eigenvalue weighted by atomic mass is 10.2. The molecule has 0 fully saturated rings. The van der Waals surface area contributed by atoms with Gasteiger partial charge in [0.1, 0.15) is 17.5 Å². The van der Waals surface area contributed by atoms with Crippen molar-refractivity contribution in [2.24, 2.45) is 0 Å². The minimum atomic E-state index is -3.78. The summed E-state index contributed by atoms with van der Waals surface area (Å²) in [6, 6.07) is 7.13. The first kappa shape index (κ1) is 23.9. The van der Waals surface area contributed by atoms with Gasteiger partial charge in [-0.15, -0.1) is 0 Å². The van der Waals surface area contributed by atoms with E-state index in [0.717, 1.165) is 11.3 Å². The number of ether oxygens (including phenoxy) is 1. The normalized spacial score (nSPS) is 11.4. The van der Waals surface area contributed by atoms with Crippen LogP contribution in [-0.4, -0.2) is 42.4 Å². The van der Waals surface area contributed by atoms with Gasteiger partial charge in [0.2, 0.25) is 10.0 Å². The van der Waals surface area contributed by atoms with Gasteiger partial charge in [-0.25, -0.2) is 23.2 Å². The SMILES string of the molecule is Cc1cc(C)nc(Nc2cc(NS(=O)(=O)CCNC(=O)OC(C)(C)C)cnc2C#N)c1. The van der Waals surface area contributed by atoms with E-state index in [1.165, 1.54) is 12.3 Å². The summed E-state index contributed by atoms with van der Waals surface area (Å²) in [6.45, 7) is 8.76. The van der Waals surface area contributed by atoms with Crippen molar-refractivity contribution >= 4 is 33.3 Å². The van der Waals surface area contributed by atoms with E-state index < -0.39 is 21.7 Å². The summed E-state index contributed by atoms with van der Waals surface area (Å²) >= 11 is 0. The maximum absolute atomic E-state index is 12.4. The molecule has 0 saturated heterocycles. The predicted molar refractivity (Wildman–Crippen MR) is 118 cm³/mol. The van der Waals surface area contributed by atoms with Gasteiger partial charge in [0.25, 0.3) is 0 Å². The molecule has 0 atom stereocenters. The number of aryl methyl sites for hydroxylation is 2. The molecule has 0 saturated carbocycles. The van der Waals surface area contributed by atoms with Crippen molar-refractivity contribution in [3.63, 3.8) is 0 Å². The molecular formula is C20H26N6O4S. The highest BCUT2D eigenvalue weighted by Crippen LogP contribution is 2.23. The average Bonchev–Trinajstić information content (AvgIpc) is 2.59. The number of sulfonamides is 1. The third kappa shape index (κ3) is 8.10. The Morgan fingerprint density at radius 2 is 1.94 bits per heavy atom. The number of alkyl carbamates (subject to hydrolysis) is 1. The molecule has 2 heterocycles. The molecule has 2 aromatic rings. The fraction of sp³-hybridized carbons (Fsp3) is 0.400. The molecule has 10 nitrogen and oxygen atoms in total. The zero-order chi connectivity index (χ0) is 23.2. The number of carbonyl (C=O) groups is 1. The van der Waals surface area contributed by atoms with Crippen LogP contribution in [0.3, 0.4) is 0 Å². The summed E-state index contributed by atoms with van der Waals surface area (Å²) in [6.07, 6.45) is 0.549. The second-order valence-electron chi connectivity index (χ2n) is 7.88. The molecule has 2 aromatic heterocycles. The molecule has 0 spiro atoms. The Bertz CT molecular complexity index is 1080. The van der Waals surface area contributed by atoms with Crippen LogP contribution in [0.15, 0.2) is 24.4 Å². The van der Waals surface area contributed by atoms with E-state index in [4.69, 9.17) is 4.74 Å². The van der Waals surface area contributed by atoms with E-state index in [1.807, 2.05) is 26.0 Å². The van der Waals surface area contributed by atoms with Crippen molar-refractivity contribution in [1.82, 2.24) is 15.3 Å². The Labute approximate surface area is 182 Å². The van der Waals surface area contributed by atoms with Gasteiger partial charge < -0.3 is 15.4 Å². The van der Waals surface area contributed by atoms with Crippen LogP contribution in [0.2, 0.25) is 0 Å². The van der Waals surface area contributed by atoms with Crippen molar-refractivity contribution in [3.8, 4) is 6.07 Å². The van der Waals surface area contributed by atoms with Crippen LogP contribution in [-0.2, 0) is 14.8 Å². The molecule has 0 aliphatic rings. The minimum absolute atomic E-state index is 0.0931. The first-order chi connectivity index (χ1) is 14.4. The van der Waals surface area contributed by atoms with E-state index in [-0.39, 0.29) is 23.7 Å². The number of nitrogens with zero attached hydrogens (tertiary/aromatic N) is 3. The van der Waals surface area contributed by atoms with Gasteiger partial charge in [-0.3, -0.25) is 4.72 Å². The third-order valence-corrected chi connectivity index (χ3v) is 4.95. The average molecular weight is 447 g/mol. The molecule has 0 radical (unpaired) electrons. The van der Waals surface area contributed by atoms with E-state index in [0.29, 0.717) is 11.5 Å². The molecule has 0 aliphatic heterocycles. The summed E-state index contributed by atoms with van der Waals surface area (Å²) in [7, 11) is -3.78.